The number of hydrogen-bond acceptors (Lipinski definition) is 3. The summed E-state index contributed by atoms with van der Waals surface area (Å²) in [5.41, 5.74) is 0. The van der Waals surface area contributed by atoms with E-state index in [9.17, 15) is 4.80 Å². The molecule has 3 unspecified atom stereocenters. The Morgan fingerprint density at radius 3 is 2.47 bits per heavy atom. The average Bonchev–Trinajstić information content (AvgIpc) is 2.87. The van der Waals surface area contributed by atoms with Crippen molar-refractivity contribution in [3.63, 3.8) is 0 Å². The van der Waals surface area contributed by atoms with E-state index in [2.05, 4.69) is 12.2 Å². The average molecular weight is 228 g/mol. The summed E-state index contributed by atoms with van der Waals surface area (Å²) in [4.78, 5) is 9.94. The summed E-state index contributed by atoms with van der Waals surface area (Å²) in [6, 6.07) is 0.696. The summed E-state index contributed by atoms with van der Waals surface area (Å²) >= 11 is 0. The molecule has 0 amide bonds. The second-order valence-electron chi connectivity index (χ2n) is 4.70. The highest BCUT2D eigenvalue weighted by molar-refractivity contribution is 6.59. The molecule has 86 valence electrons. The summed E-state index contributed by atoms with van der Waals surface area (Å²) < 4.78 is 10.2. The van der Waals surface area contributed by atoms with Crippen LogP contribution in [-0.2, 0) is 8.85 Å². The normalized spacial score (nSPS) is 33.9. The topological polar surface area (TPSA) is 38.7 Å². The molecule has 2 aliphatic carbocycles. The van der Waals surface area contributed by atoms with Crippen molar-refractivity contribution in [2.75, 3.05) is 14.2 Å². The van der Waals surface area contributed by atoms with Crippen molar-refractivity contribution >= 4 is 8.80 Å². The molecule has 2 rings (SSSR count). The summed E-state index contributed by atoms with van der Waals surface area (Å²) in [7, 11) is 0.260. The van der Waals surface area contributed by atoms with Crippen molar-refractivity contribution in [3.8, 4) is 0 Å². The summed E-state index contributed by atoms with van der Waals surface area (Å²) in [5.74, 6) is 2.30. The second kappa shape index (κ2) is 4.37. The van der Waals surface area contributed by atoms with Gasteiger partial charge in [0.15, 0.2) is 0 Å². The molecule has 3 atom stereocenters. The third kappa shape index (κ3) is 2.33. The summed E-state index contributed by atoms with van der Waals surface area (Å²) in [6.45, 7) is 0. The van der Waals surface area contributed by atoms with Crippen LogP contribution in [0.15, 0.2) is 12.2 Å². The molecule has 4 heteroatoms. The van der Waals surface area contributed by atoms with Crippen LogP contribution in [0.1, 0.15) is 19.3 Å². The van der Waals surface area contributed by atoms with Crippen molar-refractivity contribution in [2.24, 2.45) is 17.8 Å². The van der Waals surface area contributed by atoms with Gasteiger partial charge < -0.3 is 13.6 Å². The van der Waals surface area contributed by atoms with Gasteiger partial charge in [0, 0.05) is 20.3 Å². The highest BCUT2D eigenvalue weighted by atomic mass is 28.4. The van der Waals surface area contributed by atoms with Crippen LogP contribution in [0.3, 0.4) is 0 Å². The first-order valence-electron chi connectivity index (χ1n) is 5.68. The molecule has 1 saturated carbocycles. The Bertz CT molecular complexity index is 250. The fourth-order valence-corrected chi connectivity index (χ4v) is 4.19. The SMILES string of the molecule is CO[Si](O)(CCC1CC2C=CC1C2)OC. The van der Waals surface area contributed by atoms with Gasteiger partial charge in [-0.15, -0.1) is 0 Å². The van der Waals surface area contributed by atoms with E-state index in [1.54, 1.807) is 0 Å². The van der Waals surface area contributed by atoms with E-state index in [0.717, 1.165) is 24.2 Å². The van der Waals surface area contributed by atoms with Gasteiger partial charge >= 0.3 is 8.80 Å². The van der Waals surface area contributed by atoms with E-state index in [1.165, 1.54) is 27.1 Å². The third-order valence-corrected chi connectivity index (χ3v) is 6.08. The minimum atomic E-state index is -2.82. The Balaban J connectivity index is 1.81. The molecule has 2 aliphatic rings. The smallest absolute Gasteiger partial charge is 0.390 e. The Hall–Kier alpha value is -0.163. The Kier molecular flexibility index (Phi) is 3.30. The molecular weight excluding hydrogens is 208 g/mol. The maximum atomic E-state index is 9.94. The molecule has 15 heavy (non-hydrogen) atoms. The summed E-state index contributed by atoms with van der Waals surface area (Å²) in [5, 5.41) is 0. The number of allylic oxidation sites excluding steroid dienone is 2. The lowest BCUT2D eigenvalue weighted by atomic mass is 9.91. The van der Waals surface area contributed by atoms with Crippen LogP contribution < -0.4 is 0 Å². The zero-order valence-electron chi connectivity index (χ0n) is 9.48. The van der Waals surface area contributed by atoms with E-state index < -0.39 is 8.80 Å². The fraction of sp³-hybridized carbons (Fsp3) is 0.818. The first-order chi connectivity index (χ1) is 7.17. The van der Waals surface area contributed by atoms with E-state index >= 15 is 0 Å². The Morgan fingerprint density at radius 2 is 2.00 bits per heavy atom. The van der Waals surface area contributed by atoms with Gasteiger partial charge in [0.05, 0.1) is 0 Å². The monoisotopic (exact) mass is 228 g/mol. The molecule has 3 nitrogen and oxygen atoms in total. The van der Waals surface area contributed by atoms with Gasteiger partial charge in [0.25, 0.3) is 0 Å². The first-order valence-corrected chi connectivity index (χ1v) is 7.65. The molecule has 1 N–H and O–H groups in total. The molecule has 0 aromatic rings. The van der Waals surface area contributed by atoms with Crippen LogP contribution in [0.5, 0.6) is 0 Å². The lowest BCUT2D eigenvalue weighted by Crippen LogP contribution is -2.40. The third-order valence-electron chi connectivity index (χ3n) is 3.89. The van der Waals surface area contributed by atoms with Crippen LogP contribution in [0, 0.1) is 17.8 Å². The van der Waals surface area contributed by atoms with Crippen LogP contribution in [-0.4, -0.2) is 27.8 Å². The van der Waals surface area contributed by atoms with Crippen molar-refractivity contribution < 1.29 is 13.6 Å². The van der Waals surface area contributed by atoms with Crippen molar-refractivity contribution in [3.05, 3.63) is 12.2 Å². The van der Waals surface area contributed by atoms with Crippen LogP contribution in [0.2, 0.25) is 6.04 Å². The quantitative estimate of drug-likeness (QED) is 0.576. The lowest BCUT2D eigenvalue weighted by Gasteiger charge is -2.23. The van der Waals surface area contributed by atoms with Crippen LogP contribution in [0.4, 0.5) is 0 Å². The van der Waals surface area contributed by atoms with Gasteiger partial charge in [0.1, 0.15) is 0 Å². The molecule has 0 aromatic heterocycles. The van der Waals surface area contributed by atoms with Crippen LogP contribution >= 0.6 is 0 Å². The first kappa shape index (κ1) is 11.3. The predicted molar refractivity (Wildman–Crippen MR) is 60.3 cm³/mol. The highest BCUT2D eigenvalue weighted by Crippen LogP contribution is 2.45. The fourth-order valence-electron chi connectivity index (χ4n) is 2.88. The van der Waals surface area contributed by atoms with Crippen molar-refractivity contribution in [1.29, 1.82) is 0 Å². The molecule has 1 fully saturated rings. The minimum Gasteiger partial charge on any atom is -0.390 e. The van der Waals surface area contributed by atoms with E-state index in [0.29, 0.717) is 6.04 Å². The predicted octanol–water partition coefficient (Wildman–Crippen LogP) is 1.81. The van der Waals surface area contributed by atoms with E-state index in [-0.39, 0.29) is 0 Å². The Labute approximate surface area is 92.5 Å². The number of rotatable bonds is 5. The molecule has 0 radical (unpaired) electrons. The van der Waals surface area contributed by atoms with Crippen LogP contribution in [0.25, 0.3) is 0 Å². The number of hydrogen-bond donors (Lipinski definition) is 1. The zero-order chi connectivity index (χ0) is 10.9. The minimum absolute atomic E-state index is 0.696. The van der Waals surface area contributed by atoms with Gasteiger partial charge in [0.2, 0.25) is 0 Å². The van der Waals surface area contributed by atoms with Gasteiger partial charge in [-0.05, 0) is 37.0 Å². The van der Waals surface area contributed by atoms with E-state index in [4.69, 9.17) is 8.85 Å². The standard InChI is InChI=1S/C11H20O3Si/c1-13-15(12,14-2)6-5-11-8-9-3-4-10(11)7-9/h3-4,9-12H,5-8H2,1-2H3. The van der Waals surface area contributed by atoms with Gasteiger partial charge in [-0.3, -0.25) is 0 Å². The zero-order valence-corrected chi connectivity index (χ0v) is 10.5. The molecule has 2 bridgehead atoms. The molecule has 0 aliphatic heterocycles. The van der Waals surface area contributed by atoms with E-state index in [1.807, 2.05) is 0 Å². The molecule has 0 aromatic carbocycles. The molecule has 0 saturated heterocycles. The Morgan fingerprint density at radius 1 is 1.27 bits per heavy atom. The van der Waals surface area contributed by atoms with Gasteiger partial charge in [-0.2, -0.15) is 0 Å². The van der Waals surface area contributed by atoms with Crippen molar-refractivity contribution in [1.82, 2.24) is 0 Å². The highest BCUT2D eigenvalue weighted by Gasteiger charge is 2.40. The maximum Gasteiger partial charge on any atom is 0.497 e. The maximum absolute atomic E-state index is 9.94. The molecule has 0 heterocycles. The largest absolute Gasteiger partial charge is 0.497 e. The van der Waals surface area contributed by atoms with Gasteiger partial charge in [-0.1, -0.05) is 12.2 Å². The molecule has 0 spiro atoms. The molecular formula is C11H20O3Si. The lowest BCUT2D eigenvalue weighted by molar-refractivity contribution is 0.147. The second-order valence-corrected chi connectivity index (χ2v) is 7.44. The number of fused-ring (bicyclic) bond motifs is 2. The summed E-state index contributed by atoms with van der Waals surface area (Å²) in [6.07, 6.45) is 8.34. The van der Waals surface area contributed by atoms with Crippen molar-refractivity contribution in [2.45, 2.75) is 25.3 Å². The van der Waals surface area contributed by atoms with Gasteiger partial charge in [-0.25, -0.2) is 0 Å².